The number of nitrogens with zero attached hydrogens (tertiary/aromatic N) is 2. The van der Waals surface area contributed by atoms with E-state index in [2.05, 4.69) is 4.98 Å². The second kappa shape index (κ2) is 5.97. The van der Waals surface area contributed by atoms with Crippen LogP contribution in [0.4, 0.5) is 0 Å². The number of H-pyrrole nitrogens is 1. The minimum Gasteiger partial charge on any atom is -0.494 e. The number of aromatic hydroxyl groups is 1. The summed E-state index contributed by atoms with van der Waals surface area (Å²) >= 11 is 0. The molecule has 0 aliphatic heterocycles. The Labute approximate surface area is 155 Å². The standard InChI is InChI=1S/C20H23N3O4/c24-17-16(18(25)23(19(26)22-17)11-15-2-1-3-27-15)10-21-20-7-12-4-13(8-20)6-14(5-12)9-20/h1-3,10,12-14,25H,4-9,11H2,(H,22,24,26). The predicted octanol–water partition coefficient (Wildman–Crippen LogP) is 2.27. The van der Waals surface area contributed by atoms with E-state index >= 15 is 0 Å². The van der Waals surface area contributed by atoms with Gasteiger partial charge in [0.2, 0.25) is 5.88 Å². The Morgan fingerprint density at radius 1 is 1.22 bits per heavy atom. The first kappa shape index (κ1) is 16.6. The van der Waals surface area contributed by atoms with Crippen molar-refractivity contribution in [2.75, 3.05) is 0 Å². The molecule has 4 bridgehead atoms. The smallest absolute Gasteiger partial charge is 0.331 e. The topological polar surface area (TPSA) is 101 Å². The highest BCUT2D eigenvalue weighted by atomic mass is 16.3. The second-order valence-electron chi connectivity index (χ2n) is 8.56. The fraction of sp³-hybridized carbons (Fsp3) is 0.550. The van der Waals surface area contributed by atoms with Crippen molar-refractivity contribution in [3.8, 4) is 5.88 Å². The third-order valence-electron chi connectivity index (χ3n) is 6.57. The fourth-order valence-electron chi connectivity index (χ4n) is 5.82. The van der Waals surface area contributed by atoms with Crippen LogP contribution in [0.3, 0.4) is 0 Å². The number of aromatic amines is 1. The summed E-state index contributed by atoms with van der Waals surface area (Å²) in [6, 6.07) is 3.42. The van der Waals surface area contributed by atoms with Gasteiger partial charge in [-0.3, -0.25) is 19.3 Å². The van der Waals surface area contributed by atoms with Gasteiger partial charge in [-0.25, -0.2) is 4.79 Å². The number of furan rings is 1. The second-order valence-corrected chi connectivity index (χ2v) is 8.56. The van der Waals surface area contributed by atoms with E-state index in [4.69, 9.17) is 9.41 Å². The molecule has 0 unspecified atom stereocenters. The molecule has 27 heavy (non-hydrogen) atoms. The SMILES string of the molecule is O=c1[nH]c(=O)n(Cc2ccco2)c(O)c1C=NC12CC3CC(CC(C3)C1)C2. The first-order chi connectivity index (χ1) is 13.0. The van der Waals surface area contributed by atoms with Gasteiger partial charge in [-0.15, -0.1) is 0 Å². The number of hydrogen-bond acceptors (Lipinski definition) is 5. The van der Waals surface area contributed by atoms with Gasteiger partial charge >= 0.3 is 5.69 Å². The van der Waals surface area contributed by atoms with E-state index in [-0.39, 0.29) is 23.5 Å². The predicted molar refractivity (Wildman–Crippen MR) is 99.3 cm³/mol. The molecule has 4 aliphatic carbocycles. The fourth-order valence-corrected chi connectivity index (χ4v) is 5.82. The monoisotopic (exact) mass is 369 g/mol. The minimum absolute atomic E-state index is 0.0388. The van der Waals surface area contributed by atoms with E-state index in [1.165, 1.54) is 31.7 Å². The molecule has 7 heteroatoms. The van der Waals surface area contributed by atoms with Crippen molar-refractivity contribution in [1.82, 2.24) is 9.55 Å². The van der Waals surface area contributed by atoms with Crippen LogP contribution in [0.15, 0.2) is 37.4 Å². The average molecular weight is 369 g/mol. The molecule has 0 spiro atoms. The van der Waals surface area contributed by atoms with Gasteiger partial charge in [-0.05, 0) is 68.4 Å². The molecule has 2 aromatic rings. The molecule has 6 rings (SSSR count). The Balaban J connectivity index is 1.49. The van der Waals surface area contributed by atoms with Crippen molar-refractivity contribution in [2.24, 2.45) is 22.7 Å². The van der Waals surface area contributed by atoms with Crippen molar-refractivity contribution in [3.63, 3.8) is 0 Å². The van der Waals surface area contributed by atoms with Crippen LogP contribution in [0.1, 0.15) is 49.8 Å². The van der Waals surface area contributed by atoms with E-state index in [9.17, 15) is 14.7 Å². The number of rotatable bonds is 4. The normalized spacial score (nSPS) is 31.8. The van der Waals surface area contributed by atoms with Crippen LogP contribution in [-0.2, 0) is 6.54 Å². The molecule has 4 saturated carbocycles. The minimum atomic E-state index is -0.666. The molecule has 0 saturated heterocycles. The van der Waals surface area contributed by atoms with Crippen molar-refractivity contribution in [1.29, 1.82) is 0 Å². The van der Waals surface area contributed by atoms with Crippen LogP contribution >= 0.6 is 0 Å². The molecule has 0 amide bonds. The first-order valence-corrected chi connectivity index (χ1v) is 9.65. The molecular formula is C20H23N3O4. The molecule has 4 fully saturated rings. The van der Waals surface area contributed by atoms with Crippen LogP contribution in [0.2, 0.25) is 0 Å². The summed E-state index contributed by atoms with van der Waals surface area (Å²) in [4.78, 5) is 31.5. The third kappa shape index (κ3) is 2.85. The molecule has 142 valence electrons. The van der Waals surface area contributed by atoms with Gasteiger partial charge in [-0.2, -0.15) is 0 Å². The van der Waals surface area contributed by atoms with Crippen molar-refractivity contribution >= 4 is 6.21 Å². The Bertz CT molecular complexity index is 964. The van der Waals surface area contributed by atoms with Gasteiger partial charge in [0.05, 0.1) is 18.3 Å². The Kier molecular flexibility index (Phi) is 3.67. The number of aliphatic imine (C=N–C) groups is 1. The van der Waals surface area contributed by atoms with Crippen molar-refractivity contribution in [2.45, 2.75) is 50.6 Å². The van der Waals surface area contributed by atoms with Crippen molar-refractivity contribution < 1.29 is 9.52 Å². The molecule has 2 aromatic heterocycles. The molecule has 7 nitrogen and oxygen atoms in total. The molecule has 2 N–H and O–H groups in total. The van der Waals surface area contributed by atoms with Crippen LogP contribution in [0.5, 0.6) is 5.88 Å². The van der Waals surface area contributed by atoms with E-state index < -0.39 is 11.2 Å². The zero-order chi connectivity index (χ0) is 18.6. The van der Waals surface area contributed by atoms with Gasteiger partial charge in [0.15, 0.2) is 0 Å². The lowest BCUT2D eigenvalue weighted by atomic mass is 9.53. The Morgan fingerprint density at radius 3 is 2.48 bits per heavy atom. The van der Waals surface area contributed by atoms with Crippen molar-refractivity contribution in [3.05, 3.63) is 50.6 Å². The maximum Gasteiger partial charge on any atom is 0.331 e. The van der Waals surface area contributed by atoms with Gasteiger partial charge in [-0.1, -0.05) is 0 Å². The van der Waals surface area contributed by atoms with Gasteiger partial charge in [0, 0.05) is 6.21 Å². The van der Waals surface area contributed by atoms with Crippen LogP contribution in [0.25, 0.3) is 0 Å². The average Bonchev–Trinajstić information content (AvgIpc) is 3.10. The summed E-state index contributed by atoms with van der Waals surface area (Å²) in [6.07, 6.45) is 10.1. The summed E-state index contributed by atoms with van der Waals surface area (Å²) in [7, 11) is 0. The number of hydrogen-bond donors (Lipinski definition) is 2. The summed E-state index contributed by atoms with van der Waals surface area (Å²) in [5.41, 5.74) is -1.34. The lowest BCUT2D eigenvalue weighted by molar-refractivity contribution is 0.00194. The van der Waals surface area contributed by atoms with Gasteiger partial charge in [0.25, 0.3) is 5.56 Å². The molecular weight excluding hydrogens is 346 g/mol. The van der Waals surface area contributed by atoms with E-state index in [1.807, 2.05) is 0 Å². The lowest BCUT2D eigenvalue weighted by Crippen LogP contribution is -2.49. The quantitative estimate of drug-likeness (QED) is 0.807. The summed E-state index contributed by atoms with van der Waals surface area (Å²) < 4.78 is 6.34. The molecule has 4 aliphatic rings. The zero-order valence-corrected chi connectivity index (χ0v) is 15.1. The summed E-state index contributed by atoms with van der Waals surface area (Å²) in [5.74, 6) is 2.38. The van der Waals surface area contributed by atoms with E-state index in [0.717, 1.165) is 41.6 Å². The van der Waals surface area contributed by atoms with Crippen LogP contribution in [-0.4, -0.2) is 26.4 Å². The highest BCUT2D eigenvalue weighted by Gasteiger charge is 2.50. The Hall–Kier alpha value is -2.57. The van der Waals surface area contributed by atoms with Crippen LogP contribution in [0, 0.1) is 17.8 Å². The highest BCUT2D eigenvalue weighted by molar-refractivity contribution is 5.82. The third-order valence-corrected chi connectivity index (χ3v) is 6.57. The number of aromatic nitrogens is 2. The zero-order valence-electron chi connectivity index (χ0n) is 15.1. The maximum atomic E-state index is 12.3. The highest BCUT2D eigenvalue weighted by Crippen LogP contribution is 2.57. The summed E-state index contributed by atoms with van der Waals surface area (Å²) in [5, 5.41) is 10.6. The van der Waals surface area contributed by atoms with Gasteiger partial charge in [0.1, 0.15) is 11.3 Å². The molecule has 2 heterocycles. The molecule has 0 atom stereocenters. The lowest BCUT2D eigenvalue weighted by Gasteiger charge is -2.54. The van der Waals surface area contributed by atoms with E-state index in [1.54, 1.807) is 12.1 Å². The maximum absolute atomic E-state index is 12.3. The Morgan fingerprint density at radius 2 is 1.89 bits per heavy atom. The largest absolute Gasteiger partial charge is 0.494 e. The van der Waals surface area contributed by atoms with Gasteiger partial charge < -0.3 is 9.52 Å². The van der Waals surface area contributed by atoms with Crippen LogP contribution < -0.4 is 11.2 Å². The first-order valence-electron chi connectivity index (χ1n) is 9.65. The van der Waals surface area contributed by atoms with E-state index in [0.29, 0.717) is 5.76 Å². The molecule has 0 radical (unpaired) electrons. The molecule has 0 aromatic carbocycles. The summed E-state index contributed by atoms with van der Waals surface area (Å²) in [6.45, 7) is 0.0483. The number of nitrogens with one attached hydrogen (secondary N) is 1.